The van der Waals surface area contributed by atoms with E-state index in [2.05, 4.69) is 9.97 Å². The second-order valence-corrected chi connectivity index (χ2v) is 14.8. The Morgan fingerprint density at radius 3 is 2.78 bits per heavy atom. The molecule has 2 fully saturated rings. The summed E-state index contributed by atoms with van der Waals surface area (Å²) in [5, 5.41) is 20.9. The van der Waals surface area contributed by atoms with E-state index in [1.54, 1.807) is 0 Å². The molecular weight excluding hydrogens is 691 g/mol. The number of rotatable bonds is 8. The summed E-state index contributed by atoms with van der Waals surface area (Å²) in [6.45, 7) is 3.35. The van der Waals surface area contributed by atoms with Gasteiger partial charge in [-0.1, -0.05) is 17.7 Å². The monoisotopic (exact) mass is 722 g/mol. The number of anilines is 2. The Bertz CT molecular complexity index is 2020. The van der Waals surface area contributed by atoms with E-state index in [9.17, 15) is 27.9 Å². The quantitative estimate of drug-likeness (QED) is 0.188. The summed E-state index contributed by atoms with van der Waals surface area (Å²) in [6.07, 6.45) is -2.60. The number of alkyl halides is 3. The van der Waals surface area contributed by atoms with Gasteiger partial charge in [0.05, 0.1) is 37.9 Å². The van der Waals surface area contributed by atoms with Crippen molar-refractivity contribution in [3.05, 3.63) is 34.4 Å². The summed E-state index contributed by atoms with van der Waals surface area (Å²) in [7, 11) is 0. The van der Waals surface area contributed by atoms with Crippen molar-refractivity contribution in [1.82, 2.24) is 14.9 Å². The smallest absolute Gasteiger partial charge is 0.319 e. The molecule has 2 aromatic carbocycles. The number of aliphatic hydroxyl groups is 1. The van der Waals surface area contributed by atoms with Crippen molar-refractivity contribution in [2.24, 2.45) is 0 Å². The molecule has 5 heterocycles. The van der Waals surface area contributed by atoms with E-state index in [-0.39, 0.29) is 98.0 Å². The van der Waals surface area contributed by atoms with Crippen LogP contribution in [0.1, 0.15) is 45.1 Å². The Labute approximate surface area is 287 Å². The van der Waals surface area contributed by atoms with Crippen LogP contribution >= 0.6 is 22.9 Å². The number of hydrogen-bond acceptors (Lipinski definition) is 10. The Morgan fingerprint density at radius 2 is 2.06 bits per heavy atom. The molecule has 0 spiro atoms. The Balaban J connectivity index is 1.48. The first-order valence-electron chi connectivity index (χ1n) is 15.8. The second kappa shape index (κ2) is 12.3. The predicted octanol–water partition coefficient (Wildman–Crippen LogP) is 6.85. The molecule has 3 aliphatic rings. The summed E-state index contributed by atoms with van der Waals surface area (Å²) >= 11 is 7.78. The molecule has 7 rings (SSSR count). The second-order valence-electron chi connectivity index (χ2n) is 13.4. The molecule has 2 saturated heterocycles. The number of ether oxygens (including phenoxy) is 2. The first kappa shape index (κ1) is 33.8. The molecule has 1 unspecified atom stereocenters. The maximum atomic E-state index is 17.2. The molecule has 0 radical (unpaired) electrons. The van der Waals surface area contributed by atoms with Gasteiger partial charge in [0.2, 0.25) is 6.43 Å². The predicted molar refractivity (Wildman–Crippen MR) is 177 cm³/mol. The standard InChI is InChI=1S/C33H32ClF5N6O3S/c1-32(2,46)19-13-47-27-23-26(25(39)22(24(27)34)16-4-5-18(36)28-21(16)17(11-40)29(41)49-28)42-31(43-30(23)45(19)9-6-20(37)38)48-14-33-7-3-8-44(33)12-15(35)10-33/h4-5,15,19-20,46H,3,6-10,12-14,41H2,1-2H3/t15-,19?,33+/m1/s1. The molecule has 0 amide bonds. The molecular formula is C33H32ClF5N6O3S. The summed E-state index contributed by atoms with van der Waals surface area (Å²) in [5.74, 6) is -1.82. The van der Waals surface area contributed by atoms with Gasteiger partial charge < -0.3 is 25.2 Å². The van der Waals surface area contributed by atoms with Crippen molar-refractivity contribution >= 4 is 54.7 Å². The Morgan fingerprint density at radius 1 is 1.29 bits per heavy atom. The summed E-state index contributed by atoms with van der Waals surface area (Å²) in [5.41, 5.74) is 3.27. The van der Waals surface area contributed by atoms with E-state index in [1.807, 2.05) is 11.0 Å². The van der Waals surface area contributed by atoms with Gasteiger partial charge in [-0.3, -0.25) is 4.90 Å². The van der Waals surface area contributed by atoms with Crippen LogP contribution in [0.15, 0.2) is 12.1 Å². The lowest BCUT2D eigenvalue weighted by Gasteiger charge is -2.38. The molecule has 4 aromatic rings. The van der Waals surface area contributed by atoms with E-state index in [0.29, 0.717) is 13.0 Å². The molecule has 0 saturated carbocycles. The van der Waals surface area contributed by atoms with E-state index in [0.717, 1.165) is 23.8 Å². The number of nitrogens with zero attached hydrogens (tertiary/aromatic N) is 5. The zero-order valence-corrected chi connectivity index (χ0v) is 28.1. The van der Waals surface area contributed by atoms with Gasteiger partial charge >= 0.3 is 6.01 Å². The minimum Gasteiger partial charge on any atom is -0.489 e. The number of nitrogen functional groups attached to an aromatic ring is 1. The lowest BCUT2D eigenvalue weighted by molar-refractivity contribution is 0.0299. The van der Waals surface area contributed by atoms with Crippen molar-refractivity contribution in [2.45, 2.75) is 69.3 Å². The topological polar surface area (TPSA) is 121 Å². The van der Waals surface area contributed by atoms with E-state index in [1.165, 1.54) is 24.8 Å². The minimum atomic E-state index is -2.71. The molecule has 3 N–H and O–H groups in total. The molecule has 0 aliphatic carbocycles. The number of nitriles is 1. The molecule has 3 atom stereocenters. The van der Waals surface area contributed by atoms with Crippen molar-refractivity contribution in [3.63, 3.8) is 0 Å². The lowest BCUT2D eigenvalue weighted by atomic mass is 9.95. The van der Waals surface area contributed by atoms with Crippen LogP contribution in [0.3, 0.4) is 0 Å². The fourth-order valence-corrected chi connectivity index (χ4v) is 8.80. The van der Waals surface area contributed by atoms with E-state index in [4.69, 9.17) is 26.8 Å². The molecule has 2 aromatic heterocycles. The third kappa shape index (κ3) is 5.57. The van der Waals surface area contributed by atoms with Crippen LogP contribution in [0.4, 0.5) is 32.8 Å². The SMILES string of the molecule is CC(C)(O)C1COc2c(Cl)c(-c3ccc(F)c4sc(N)c(C#N)c34)c(F)c3nc(OC[C@@]45CCCN4C[C@H](F)C5)nc(c23)N1CCC(F)F. The molecule has 9 nitrogen and oxygen atoms in total. The van der Waals surface area contributed by atoms with Crippen LogP contribution in [0.25, 0.3) is 32.1 Å². The van der Waals surface area contributed by atoms with Crippen molar-refractivity contribution in [2.75, 3.05) is 43.5 Å². The Hall–Kier alpha value is -3.71. The molecule has 260 valence electrons. The summed E-state index contributed by atoms with van der Waals surface area (Å²) < 4.78 is 86.3. The van der Waals surface area contributed by atoms with E-state index >= 15 is 4.39 Å². The van der Waals surface area contributed by atoms with Crippen molar-refractivity contribution in [1.29, 1.82) is 5.26 Å². The number of halogens is 6. The van der Waals surface area contributed by atoms with Gasteiger partial charge in [-0.2, -0.15) is 15.2 Å². The fourth-order valence-electron chi connectivity index (χ4n) is 7.52. The fraction of sp³-hybridized carbons (Fsp3) is 0.485. The third-order valence-electron chi connectivity index (χ3n) is 9.81. The van der Waals surface area contributed by atoms with Gasteiger partial charge in [0.25, 0.3) is 0 Å². The zero-order valence-electron chi connectivity index (χ0n) is 26.5. The highest BCUT2D eigenvalue weighted by Crippen LogP contribution is 2.51. The summed E-state index contributed by atoms with van der Waals surface area (Å²) in [6, 6.07) is 3.07. The average molecular weight is 723 g/mol. The minimum absolute atomic E-state index is 0.00591. The number of nitrogens with two attached hydrogens (primary N) is 1. The lowest BCUT2D eigenvalue weighted by Crippen LogP contribution is -2.53. The van der Waals surface area contributed by atoms with Gasteiger partial charge in [0.15, 0.2) is 11.6 Å². The highest BCUT2D eigenvalue weighted by molar-refractivity contribution is 7.23. The Kier molecular flexibility index (Phi) is 8.45. The van der Waals surface area contributed by atoms with Crippen LogP contribution in [0, 0.1) is 23.0 Å². The third-order valence-corrected chi connectivity index (χ3v) is 11.2. The van der Waals surface area contributed by atoms with Crippen LogP contribution in [-0.2, 0) is 0 Å². The molecule has 0 bridgehead atoms. The normalized spacial score (nSPS) is 22.5. The average Bonchev–Trinajstić information content (AvgIpc) is 3.64. The molecule has 49 heavy (non-hydrogen) atoms. The van der Waals surface area contributed by atoms with Gasteiger partial charge in [-0.25, -0.2) is 22.0 Å². The highest BCUT2D eigenvalue weighted by Gasteiger charge is 2.49. The zero-order chi connectivity index (χ0) is 35.0. The van der Waals surface area contributed by atoms with Crippen molar-refractivity contribution in [3.8, 4) is 29.0 Å². The van der Waals surface area contributed by atoms with Crippen molar-refractivity contribution < 1.29 is 36.5 Å². The number of benzene rings is 2. The van der Waals surface area contributed by atoms with Gasteiger partial charge in [0, 0.05) is 36.9 Å². The van der Waals surface area contributed by atoms with Gasteiger partial charge in [0.1, 0.15) is 47.6 Å². The van der Waals surface area contributed by atoms with E-state index < -0.39 is 47.8 Å². The van der Waals surface area contributed by atoms with Crippen LogP contribution in [0.5, 0.6) is 11.8 Å². The maximum absolute atomic E-state index is 17.2. The highest BCUT2D eigenvalue weighted by atomic mass is 35.5. The van der Waals surface area contributed by atoms with Gasteiger partial charge in [-0.05, 0) is 44.9 Å². The van der Waals surface area contributed by atoms with Crippen LogP contribution in [-0.4, -0.2) is 82.6 Å². The molecule has 3 aliphatic heterocycles. The number of hydrogen-bond donors (Lipinski definition) is 2. The number of aromatic nitrogens is 2. The van der Waals surface area contributed by atoms with Crippen LogP contribution < -0.4 is 20.1 Å². The van der Waals surface area contributed by atoms with Crippen LogP contribution in [0.2, 0.25) is 5.02 Å². The maximum Gasteiger partial charge on any atom is 0.319 e. The first-order valence-corrected chi connectivity index (χ1v) is 17.0. The number of thiophene rings is 1. The largest absolute Gasteiger partial charge is 0.489 e. The van der Waals surface area contributed by atoms with Gasteiger partial charge in [-0.15, -0.1) is 11.3 Å². The first-order chi connectivity index (χ1) is 23.2. The summed E-state index contributed by atoms with van der Waals surface area (Å²) in [4.78, 5) is 12.5. The number of fused-ring (bicyclic) bond motifs is 2. The molecule has 16 heteroatoms.